The van der Waals surface area contributed by atoms with Gasteiger partial charge in [0, 0.05) is 8.95 Å². The molecule has 6 nitrogen and oxygen atoms in total. The Morgan fingerprint density at radius 2 is 1.15 bits per heavy atom. The van der Waals surface area contributed by atoms with Crippen molar-refractivity contribution in [3.63, 3.8) is 0 Å². The summed E-state index contributed by atoms with van der Waals surface area (Å²) in [5.74, 6) is 0.310. The van der Waals surface area contributed by atoms with Crippen molar-refractivity contribution in [2.75, 3.05) is 0 Å². The summed E-state index contributed by atoms with van der Waals surface area (Å²) in [4.78, 5) is 26.5. The quantitative estimate of drug-likeness (QED) is 0.290. The molecule has 248 valence electrons. The number of hydrogen-bond acceptors (Lipinski definition) is 6. The van der Waals surface area contributed by atoms with Crippen LogP contribution in [0.15, 0.2) is 45.3 Å². The molecule has 2 saturated carbocycles. The summed E-state index contributed by atoms with van der Waals surface area (Å²) in [5.41, 5.74) is 0.866. The van der Waals surface area contributed by atoms with Crippen molar-refractivity contribution < 1.29 is 28.5 Å². The number of benzene rings is 2. The first-order valence-corrected chi connectivity index (χ1v) is 18.7. The standard InChI is InChI=1S/2C19H23BrO3/c1-4-12-11-13(20)7-8-14(12)15-19(22-15)16(21)18(9-5-6-10-18)23-17(19,2)3;1-4-12-11-13(20)7-8-14(12)15-19(22-15)16(21)17(2,3)23-18(19)9-5-6-10-18/h2*7-8,11,15H,4-6,9-10H2,1-3H3. The molecule has 0 bridgehead atoms. The first-order chi connectivity index (χ1) is 21.7. The van der Waals surface area contributed by atoms with Crippen molar-refractivity contribution in [3.8, 4) is 0 Å². The van der Waals surface area contributed by atoms with Gasteiger partial charge < -0.3 is 18.9 Å². The molecule has 0 radical (unpaired) electrons. The summed E-state index contributed by atoms with van der Waals surface area (Å²) in [6.07, 6.45) is 9.43. The lowest BCUT2D eigenvalue weighted by molar-refractivity contribution is -0.136. The maximum atomic E-state index is 13.3. The number of epoxide rings is 2. The maximum Gasteiger partial charge on any atom is 0.202 e. The van der Waals surface area contributed by atoms with Gasteiger partial charge in [-0.05, 0) is 126 Å². The number of carbonyl (C=O) groups is 2. The third-order valence-electron chi connectivity index (χ3n) is 11.7. The van der Waals surface area contributed by atoms with E-state index >= 15 is 0 Å². The number of rotatable bonds is 4. The number of Topliss-reactive ketones (excluding diaryl/α,β-unsaturated/α-hetero) is 2. The molecule has 2 aromatic carbocycles. The van der Waals surface area contributed by atoms with E-state index in [2.05, 4.69) is 70.0 Å². The van der Waals surface area contributed by atoms with E-state index in [9.17, 15) is 9.59 Å². The Morgan fingerprint density at radius 3 is 1.67 bits per heavy atom. The van der Waals surface area contributed by atoms with Gasteiger partial charge in [0.1, 0.15) is 34.6 Å². The van der Waals surface area contributed by atoms with Crippen LogP contribution in [-0.2, 0) is 41.4 Å². The largest absolute Gasteiger partial charge is 0.358 e. The molecule has 4 spiro atoms. The van der Waals surface area contributed by atoms with Gasteiger partial charge in [0.05, 0.1) is 0 Å². The minimum absolute atomic E-state index is 0.127. The van der Waals surface area contributed by atoms with E-state index in [1.165, 1.54) is 11.1 Å². The van der Waals surface area contributed by atoms with E-state index in [4.69, 9.17) is 18.9 Å². The first kappa shape index (κ1) is 33.1. The Balaban J connectivity index is 0.000000147. The number of hydrogen-bond donors (Lipinski definition) is 0. The van der Waals surface area contributed by atoms with Crippen molar-refractivity contribution in [2.24, 2.45) is 0 Å². The Hall–Kier alpha value is -1.42. The van der Waals surface area contributed by atoms with Gasteiger partial charge in [0.2, 0.25) is 11.6 Å². The summed E-state index contributed by atoms with van der Waals surface area (Å²) < 4.78 is 27.2. The molecule has 8 rings (SSSR count). The van der Waals surface area contributed by atoms with Gasteiger partial charge in [-0.3, -0.25) is 9.59 Å². The van der Waals surface area contributed by atoms with Crippen molar-refractivity contribution in [3.05, 3.63) is 67.6 Å². The molecule has 4 unspecified atom stereocenters. The summed E-state index contributed by atoms with van der Waals surface area (Å²) in [6, 6.07) is 12.5. The molecule has 6 fully saturated rings. The molecule has 2 aromatic rings. The normalized spacial score (nSPS) is 33.7. The number of ether oxygens (including phenoxy) is 4. The highest BCUT2D eigenvalue weighted by atomic mass is 79.9. The average Bonchev–Trinajstić information content (AvgIpc) is 3.79. The highest BCUT2D eigenvalue weighted by molar-refractivity contribution is 9.10. The van der Waals surface area contributed by atoms with Crippen LogP contribution in [0.3, 0.4) is 0 Å². The fourth-order valence-electron chi connectivity index (χ4n) is 9.47. The molecule has 0 N–H and O–H groups in total. The van der Waals surface area contributed by atoms with Crippen molar-refractivity contribution in [2.45, 2.75) is 152 Å². The average molecular weight is 759 g/mol. The van der Waals surface area contributed by atoms with Crippen LogP contribution in [0.1, 0.15) is 127 Å². The first-order valence-electron chi connectivity index (χ1n) is 17.1. The second-order valence-electron chi connectivity index (χ2n) is 15.1. The Morgan fingerprint density at radius 1 is 0.674 bits per heavy atom. The summed E-state index contributed by atoms with van der Waals surface area (Å²) >= 11 is 7.07. The van der Waals surface area contributed by atoms with Crippen LogP contribution < -0.4 is 0 Å². The number of aryl methyl sites for hydroxylation is 2. The zero-order valence-corrected chi connectivity index (χ0v) is 31.1. The molecule has 0 aromatic heterocycles. The lowest BCUT2D eigenvalue weighted by Gasteiger charge is -2.28. The number of fused-ring (bicyclic) bond motifs is 1. The second-order valence-corrected chi connectivity index (χ2v) is 17.0. The molecule has 2 aliphatic carbocycles. The molecule has 4 heterocycles. The lowest BCUT2D eigenvalue weighted by atomic mass is 9.77. The van der Waals surface area contributed by atoms with Crippen LogP contribution in [0.2, 0.25) is 0 Å². The van der Waals surface area contributed by atoms with Crippen molar-refractivity contribution >= 4 is 43.4 Å². The zero-order chi connectivity index (χ0) is 32.9. The van der Waals surface area contributed by atoms with Crippen LogP contribution in [0.4, 0.5) is 0 Å². The SMILES string of the molecule is CCc1cc(Br)ccc1C1OC12C(=O)C(C)(C)OC21CCCC1.CCc1cc(Br)ccc1C1OC12C(=O)C1(CCCC1)OC2(C)C. The molecule has 8 heteroatoms. The fourth-order valence-corrected chi connectivity index (χ4v) is 10.3. The van der Waals surface area contributed by atoms with Gasteiger partial charge in [-0.2, -0.15) is 0 Å². The third kappa shape index (κ3) is 4.59. The van der Waals surface area contributed by atoms with Crippen LogP contribution >= 0.6 is 31.9 Å². The molecule has 4 atom stereocenters. The Kier molecular flexibility index (Phi) is 7.95. The van der Waals surface area contributed by atoms with Gasteiger partial charge in [-0.15, -0.1) is 0 Å². The number of carbonyl (C=O) groups excluding carboxylic acids is 2. The van der Waals surface area contributed by atoms with Crippen molar-refractivity contribution in [1.82, 2.24) is 0 Å². The number of ketones is 2. The highest BCUT2D eigenvalue weighted by Gasteiger charge is 2.82. The highest BCUT2D eigenvalue weighted by Crippen LogP contribution is 2.68. The minimum atomic E-state index is -0.797. The number of halogens is 2. The maximum absolute atomic E-state index is 13.3. The predicted octanol–water partition coefficient (Wildman–Crippen LogP) is 9.02. The monoisotopic (exact) mass is 756 g/mol. The molecule has 6 aliphatic rings. The van der Waals surface area contributed by atoms with Gasteiger partial charge in [-0.1, -0.05) is 70.7 Å². The summed E-state index contributed by atoms with van der Waals surface area (Å²) in [7, 11) is 0. The summed E-state index contributed by atoms with van der Waals surface area (Å²) in [6.45, 7) is 12.1. The topological polar surface area (TPSA) is 77.7 Å². The fraction of sp³-hybridized carbons (Fsp3) is 0.632. The third-order valence-corrected chi connectivity index (χ3v) is 12.7. The Bertz CT molecular complexity index is 1590. The molecule has 46 heavy (non-hydrogen) atoms. The minimum Gasteiger partial charge on any atom is -0.358 e. The van der Waals surface area contributed by atoms with E-state index in [1.54, 1.807) is 0 Å². The van der Waals surface area contributed by atoms with E-state index in [0.29, 0.717) is 0 Å². The molecular weight excluding hydrogens is 712 g/mol. The molecular formula is C38H46Br2O6. The van der Waals surface area contributed by atoms with Gasteiger partial charge in [-0.25, -0.2) is 0 Å². The molecule has 0 amide bonds. The zero-order valence-electron chi connectivity index (χ0n) is 27.9. The van der Waals surface area contributed by atoms with Crippen LogP contribution in [-0.4, -0.2) is 45.2 Å². The lowest BCUT2D eigenvalue weighted by Crippen LogP contribution is -2.43. The molecule has 4 saturated heterocycles. The van der Waals surface area contributed by atoms with E-state index in [0.717, 1.165) is 84.3 Å². The van der Waals surface area contributed by atoms with Crippen molar-refractivity contribution in [1.29, 1.82) is 0 Å². The molecule has 4 aliphatic heterocycles. The predicted molar refractivity (Wildman–Crippen MR) is 183 cm³/mol. The van der Waals surface area contributed by atoms with Crippen LogP contribution in [0.25, 0.3) is 0 Å². The summed E-state index contributed by atoms with van der Waals surface area (Å²) in [5, 5.41) is 0. The van der Waals surface area contributed by atoms with E-state index in [1.807, 2.05) is 39.8 Å². The van der Waals surface area contributed by atoms with Crippen LogP contribution in [0, 0.1) is 0 Å². The van der Waals surface area contributed by atoms with Gasteiger partial charge in [0.25, 0.3) is 0 Å². The second kappa shape index (κ2) is 11.0. The van der Waals surface area contributed by atoms with E-state index in [-0.39, 0.29) is 23.8 Å². The Labute approximate surface area is 289 Å². The van der Waals surface area contributed by atoms with Crippen LogP contribution in [0.5, 0.6) is 0 Å². The smallest absolute Gasteiger partial charge is 0.202 e. The van der Waals surface area contributed by atoms with E-state index < -0.39 is 33.6 Å². The van der Waals surface area contributed by atoms with Gasteiger partial charge >= 0.3 is 0 Å². The van der Waals surface area contributed by atoms with Gasteiger partial charge in [0.15, 0.2) is 11.2 Å².